The first-order chi connectivity index (χ1) is 13.9. The lowest BCUT2D eigenvalue weighted by Crippen LogP contribution is -2.36. The maximum atomic E-state index is 12.6. The summed E-state index contributed by atoms with van der Waals surface area (Å²) in [4.78, 5) is 38.1. The quantitative estimate of drug-likeness (QED) is 0.621. The topological polar surface area (TPSA) is 75.7 Å². The number of nitrogens with zero attached hydrogens (tertiary/aromatic N) is 1. The first kappa shape index (κ1) is 21.2. The molecule has 0 bridgehead atoms. The molecule has 0 atom stereocenters. The van der Waals surface area contributed by atoms with E-state index in [0.29, 0.717) is 28.6 Å². The van der Waals surface area contributed by atoms with Gasteiger partial charge < -0.3 is 10.1 Å². The fourth-order valence-electron chi connectivity index (χ4n) is 2.55. The Balaban J connectivity index is 1.67. The van der Waals surface area contributed by atoms with E-state index in [-0.39, 0.29) is 9.93 Å². The van der Waals surface area contributed by atoms with Crippen molar-refractivity contribution < 1.29 is 19.1 Å². The summed E-state index contributed by atoms with van der Waals surface area (Å²) in [5.41, 5.74) is 1.05. The lowest BCUT2D eigenvalue weighted by molar-refractivity contribution is -0.127. The van der Waals surface area contributed by atoms with E-state index < -0.39 is 23.6 Å². The van der Waals surface area contributed by atoms with Gasteiger partial charge in [0.05, 0.1) is 21.6 Å². The summed E-state index contributed by atoms with van der Waals surface area (Å²) >= 11 is 12.9. The summed E-state index contributed by atoms with van der Waals surface area (Å²) in [5.74, 6) is -0.363. The Hall–Kier alpha value is -2.48. The third-order valence-electron chi connectivity index (χ3n) is 3.89. The van der Waals surface area contributed by atoms with Crippen LogP contribution in [0.4, 0.5) is 10.5 Å². The van der Waals surface area contributed by atoms with Crippen LogP contribution in [0.2, 0.25) is 10.0 Å². The van der Waals surface area contributed by atoms with Crippen molar-refractivity contribution in [3.05, 3.63) is 63.0 Å². The molecule has 1 aliphatic heterocycles. The molecule has 2 aromatic carbocycles. The van der Waals surface area contributed by atoms with Crippen LogP contribution in [0.15, 0.2) is 47.4 Å². The molecule has 1 fully saturated rings. The SMILES string of the molecule is CCOc1ccc(NC(=O)CN2C(=O)S/C(=C\c3cccc(Cl)c3Cl)C2=O)cc1. The van der Waals surface area contributed by atoms with E-state index in [2.05, 4.69) is 5.32 Å². The summed E-state index contributed by atoms with van der Waals surface area (Å²) in [6.45, 7) is 2.03. The van der Waals surface area contributed by atoms with Crippen molar-refractivity contribution in [1.82, 2.24) is 4.90 Å². The van der Waals surface area contributed by atoms with Crippen LogP contribution in [-0.2, 0) is 9.59 Å². The van der Waals surface area contributed by atoms with Gasteiger partial charge in [0.1, 0.15) is 12.3 Å². The Kier molecular flexibility index (Phi) is 6.84. The largest absolute Gasteiger partial charge is 0.494 e. The van der Waals surface area contributed by atoms with Gasteiger partial charge >= 0.3 is 0 Å². The number of carbonyl (C=O) groups is 3. The lowest BCUT2D eigenvalue weighted by Gasteiger charge is -2.12. The number of benzene rings is 2. The molecule has 150 valence electrons. The number of anilines is 1. The molecule has 0 radical (unpaired) electrons. The second kappa shape index (κ2) is 9.35. The Morgan fingerprint density at radius 2 is 1.90 bits per heavy atom. The van der Waals surface area contributed by atoms with Crippen molar-refractivity contribution in [2.45, 2.75) is 6.92 Å². The second-order valence-corrected chi connectivity index (χ2v) is 7.69. The Morgan fingerprint density at radius 1 is 1.17 bits per heavy atom. The maximum Gasteiger partial charge on any atom is 0.294 e. The van der Waals surface area contributed by atoms with E-state index in [1.54, 1.807) is 42.5 Å². The fourth-order valence-corrected chi connectivity index (χ4v) is 3.75. The van der Waals surface area contributed by atoms with E-state index in [4.69, 9.17) is 27.9 Å². The standard InChI is InChI=1S/C20H16Cl2N2O4S/c1-2-28-14-8-6-13(7-9-14)23-17(25)11-24-19(26)16(29-20(24)27)10-12-4-3-5-15(21)18(12)22/h3-10H,2,11H2,1H3,(H,23,25)/b16-10-. The van der Waals surface area contributed by atoms with Crippen LogP contribution in [0.5, 0.6) is 5.75 Å². The van der Waals surface area contributed by atoms with Crippen LogP contribution in [-0.4, -0.2) is 35.1 Å². The van der Waals surface area contributed by atoms with Crippen molar-refractivity contribution in [1.29, 1.82) is 0 Å². The smallest absolute Gasteiger partial charge is 0.294 e. The number of hydrogen-bond donors (Lipinski definition) is 1. The highest BCUT2D eigenvalue weighted by atomic mass is 35.5. The molecule has 1 aliphatic rings. The highest BCUT2D eigenvalue weighted by Crippen LogP contribution is 2.35. The number of amides is 3. The summed E-state index contributed by atoms with van der Waals surface area (Å²) < 4.78 is 5.34. The molecule has 29 heavy (non-hydrogen) atoms. The first-order valence-electron chi connectivity index (χ1n) is 8.61. The molecule has 0 aliphatic carbocycles. The van der Waals surface area contributed by atoms with E-state index in [1.807, 2.05) is 6.92 Å². The fraction of sp³-hybridized carbons (Fsp3) is 0.150. The third kappa shape index (κ3) is 5.12. The molecule has 0 aromatic heterocycles. The van der Waals surface area contributed by atoms with E-state index in [9.17, 15) is 14.4 Å². The summed E-state index contributed by atoms with van der Waals surface area (Å²) in [6.07, 6.45) is 1.49. The van der Waals surface area contributed by atoms with Gasteiger partial charge in [0, 0.05) is 5.69 Å². The average Bonchev–Trinajstić information content (AvgIpc) is 2.94. The van der Waals surface area contributed by atoms with Gasteiger partial charge in [-0.15, -0.1) is 0 Å². The van der Waals surface area contributed by atoms with E-state index in [1.165, 1.54) is 6.08 Å². The average molecular weight is 451 g/mol. The van der Waals surface area contributed by atoms with Gasteiger partial charge in [0.25, 0.3) is 11.1 Å². The number of hydrogen-bond acceptors (Lipinski definition) is 5. The van der Waals surface area contributed by atoms with Gasteiger partial charge in [0.2, 0.25) is 5.91 Å². The molecule has 0 saturated carbocycles. The zero-order valence-corrected chi connectivity index (χ0v) is 17.6. The zero-order chi connectivity index (χ0) is 21.0. The van der Waals surface area contributed by atoms with Gasteiger partial charge in [-0.1, -0.05) is 35.3 Å². The highest BCUT2D eigenvalue weighted by Gasteiger charge is 2.36. The number of imide groups is 1. The molecule has 1 saturated heterocycles. The predicted octanol–water partition coefficient (Wildman–Crippen LogP) is 5.07. The molecule has 1 N–H and O–H groups in total. The van der Waals surface area contributed by atoms with Crippen LogP contribution in [0, 0.1) is 0 Å². The Bertz CT molecular complexity index is 992. The molecule has 2 aromatic rings. The number of thioether (sulfide) groups is 1. The van der Waals surface area contributed by atoms with Crippen LogP contribution < -0.4 is 10.1 Å². The van der Waals surface area contributed by atoms with Crippen LogP contribution in [0.1, 0.15) is 12.5 Å². The molecule has 0 unspecified atom stereocenters. The third-order valence-corrected chi connectivity index (χ3v) is 5.63. The molecular formula is C20H16Cl2N2O4S. The van der Waals surface area contributed by atoms with Crippen LogP contribution in [0.25, 0.3) is 6.08 Å². The minimum absolute atomic E-state index is 0.174. The lowest BCUT2D eigenvalue weighted by atomic mass is 10.2. The van der Waals surface area contributed by atoms with E-state index in [0.717, 1.165) is 16.7 Å². The van der Waals surface area contributed by atoms with Crippen molar-refractivity contribution in [2.24, 2.45) is 0 Å². The normalized spacial score (nSPS) is 15.1. The number of carbonyl (C=O) groups excluding carboxylic acids is 3. The monoisotopic (exact) mass is 450 g/mol. The minimum Gasteiger partial charge on any atom is -0.494 e. The molecular weight excluding hydrogens is 435 g/mol. The summed E-state index contributed by atoms with van der Waals surface area (Å²) in [5, 5.41) is 2.75. The van der Waals surface area contributed by atoms with Gasteiger partial charge in [-0.3, -0.25) is 19.3 Å². The molecule has 6 nitrogen and oxygen atoms in total. The second-order valence-electron chi connectivity index (χ2n) is 5.92. The van der Waals surface area contributed by atoms with Crippen molar-refractivity contribution in [2.75, 3.05) is 18.5 Å². The highest BCUT2D eigenvalue weighted by molar-refractivity contribution is 8.18. The number of halogens is 2. The van der Waals surface area contributed by atoms with Crippen molar-refractivity contribution >= 4 is 63.8 Å². The summed E-state index contributed by atoms with van der Waals surface area (Å²) in [6, 6.07) is 11.8. The first-order valence-corrected chi connectivity index (χ1v) is 10.2. The Labute approximate surface area is 181 Å². The molecule has 3 rings (SSSR count). The predicted molar refractivity (Wildman–Crippen MR) is 115 cm³/mol. The Morgan fingerprint density at radius 3 is 2.59 bits per heavy atom. The molecule has 1 heterocycles. The van der Waals surface area contributed by atoms with Gasteiger partial charge in [-0.2, -0.15) is 0 Å². The van der Waals surface area contributed by atoms with Crippen LogP contribution in [0.3, 0.4) is 0 Å². The van der Waals surface area contributed by atoms with Crippen LogP contribution >= 0.6 is 35.0 Å². The molecule has 9 heteroatoms. The maximum absolute atomic E-state index is 12.6. The summed E-state index contributed by atoms with van der Waals surface area (Å²) in [7, 11) is 0. The zero-order valence-electron chi connectivity index (χ0n) is 15.3. The van der Waals surface area contributed by atoms with E-state index >= 15 is 0 Å². The number of nitrogens with one attached hydrogen (secondary N) is 1. The molecule has 3 amide bonds. The molecule has 0 spiro atoms. The number of ether oxygens (including phenoxy) is 1. The van der Waals surface area contributed by atoms with Gasteiger partial charge in [0.15, 0.2) is 0 Å². The minimum atomic E-state index is -0.558. The number of rotatable bonds is 6. The van der Waals surface area contributed by atoms with Gasteiger partial charge in [-0.05, 0) is 60.7 Å². The van der Waals surface area contributed by atoms with Crippen molar-refractivity contribution in [3.63, 3.8) is 0 Å². The van der Waals surface area contributed by atoms with Gasteiger partial charge in [-0.25, -0.2) is 0 Å². The van der Waals surface area contributed by atoms with Crippen molar-refractivity contribution in [3.8, 4) is 5.75 Å².